The van der Waals surface area contributed by atoms with Gasteiger partial charge in [0, 0.05) is 11.3 Å². The van der Waals surface area contributed by atoms with E-state index in [4.69, 9.17) is 14.2 Å². The first-order valence-electron chi connectivity index (χ1n) is 7.67. The molecule has 6 heteroatoms. The van der Waals surface area contributed by atoms with Crippen LogP contribution in [0.15, 0.2) is 42.5 Å². The van der Waals surface area contributed by atoms with E-state index in [1.807, 2.05) is 25.2 Å². The molecule has 0 atom stereocenters. The van der Waals surface area contributed by atoms with E-state index in [0.717, 1.165) is 17.9 Å². The molecule has 0 unspecified atom stereocenters. The summed E-state index contributed by atoms with van der Waals surface area (Å²) in [5.41, 5.74) is 1.81. The number of ether oxygens (including phenoxy) is 3. The lowest BCUT2D eigenvalue weighted by Crippen LogP contribution is -2.77. The number of nitrogens with one attached hydrogen (secondary N) is 1. The van der Waals surface area contributed by atoms with Crippen LogP contribution in [0.3, 0.4) is 0 Å². The van der Waals surface area contributed by atoms with Gasteiger partial charge >= 0.3 is 0 Å². The minimum absolute atomic E-state index is 0.0956. The smallest absolute Gasteiger partial charge is 0.262 e. The number of carbonyl (C=O) groups excluding carboxylic acids is 1. The van der Waals surface area contributed by atoms with Gasteiger partial charge in [-0.2, -0.15) is 0 Å². The van der Waals surface area contributed by atoms with Crippen LogP contribution in [0.4, 0.5) is 5.69 Å². The molecular formula is C18H23N2O4+. The van der Waals surface area contributed by atoms with E-state index >= 15 is 0 Å². The first kappa shape index (κ1) is 17.6. The Morgan fingerprint density at radius 1 is 1.04 bits per heavy atom. The first-order valence-corrected chi connectivity index (χ1v) is 7.67. The number of carbonyl (C=O) groups is 1. The second-order valence-electron chi connectivity index (χ2n) is 5.16. The average Bonchev–Trinajstić information content (AvgIpc) is 2.61. The fourth-order valence-corrected chi connectivity index (χ4v) is 2.21. The molecule has 0 fully saturated rings. The minimum atomic E-state index is -0.242. The maximum absolute atomic E-state index is 12.0. The third kappa shape index (κ3) is 4.89. The standard InChI is InChI=1S/C18H22N2O4/c1-19-11-13-4-9-16(17(10-13)23-3)24-12-18(21)20-14-5-7-15(22-2)8-6-14/h4-10,19H,11-12H2,1-3H3,(H,20,21)/p+1. The molecule has 24 heavy (non-hydrogen) atoms. The molecule has 0 heterocycles. The Bertz CT molecular complexity index is 671. The van der Waals surface area contributed by atoms with Crippen LogP contribution in [0.5, 0.6) is 17.2 Å². The fraction of sp³-hybridized carbons (Fsp3) is 0.278. The van der Waals surface area contributed by atoms with Crippen molar-refractivity contribution in [3.05, 3.63) is 48.0 Å². The van der Waals surface area contributed by atoms with Gasteiger partial charge in [-0.25, -0.2) is 0 Å². The monoisotopic (exact) mass is 331 g/mol. The predicted octanol–water partition coefficient (Wildman–Crippen LogP) is 1.41. The summed E-state index contributed by atoms with van der Waals surface area (Å²) < 4.78 is 16.0. The maximum Gasteiger partial charge on any atom is 0.262 e. The van der Waals surface area contributed by atoms with E-state index in [9.17, 15) is 4.79 Å². The number of anilines is 1. The first-order chi connectivity index (χ1) is 11.7. The van der Waals surface area contributed by atoms with Crippen molar-refractivity contribution in [2.24, 2.45) is 0 Å². The fourth-order valence-electron chi connectivity index (χ4n) is 2.21. The molecular weight excluding hydrogens is 308 g/mol. The normalized spacial score (nSPS) is 10.1. The molecule has 0 aliphatic rings. The second-order valence-corrected chi connectivity index (χ2v) is 5.16. The Balaban J connectivity index is 1.93. The van der Waals surface area contributed by atoms with Crippen LogP contribution in [0, 0.1) is 0 Å². The lowest BCUT2D eigenvalue weighted by molar-refractivity contribution is -0.643. The second kappa shape index (κ2) is 8.79. The van der Waals surface area contributed by atoms with Crippen LogP contribution in [0.25, 0.3) is 0 Å². The summed E-state index contributed by atoms with van der Waals surface area (Å²) in [4.78, 5) is 12.0. The molecule has 0 saturated heterocycles. The van der Waals surface area contributed by atoms with E-state index in [1.165, 1.54) is 0 Å². The molecule has 6 nitrogen and oxygen atoms in total. The van der Waals surface area contributed by atoms with Gasteiger partial charge in [0.1, 0.15) is 12.3 Å². The van der Waals surface area contributed by atoms with E-state index < -0.39 is 0 Å². The zero-order chi connectivity index (χ0) is 17.4. The van der Waals surface area contributed by atoms with E-state index in [1.54, 1.807) is 38.5 Å². The molecule has 2 rings (SSSR count). The Morgan fingerprint density at radius 3 is 2.42 bits per heavy atom. The molecule has 128 valence electrons. The molecule has 0 bridgehead atoms. The number of benzene rings is 2. The highest BCUT2D eigenvalue weighted by atomic mass is 16.5. The number of nitrogens with two attached hydrogens (primary N) is 1. The molecule has 0 saturated carbocycles. The van der Waals surface area contributed by atoms with E-state index in [2.05, 4.69) is 10.6 Å². The number of rotatable bonds is 8. The minimum Gasteiger partial charge on any atom is -0.497 e. The molecule has 0 aliphatic carbocycles. The zero-order valence-electron chi connectivity index (χ0n) is 14.2. The topological polar surface area (TPSA) is 73.4 Å². The SMILES string of the molecule is C[NH2+]Cc1ccc(OCC(=O)Nc2ccc(OC)cc2)c(OC)c1. The third-order valence-electron chi connectivity index (χ3n) is 3.40. The number of amides is 1. The van der Waals surface area contributed by atoms with E-state index in [0.29, 0.717) is 17.2 Å². The van der Waals surface area contributed by atoms with Gasteiger partial charge in [-0.15, -0.1) is 0 Å². The Labute approximate surface area is 141 Å². The maximum atomic E-state index is 12.0. The molecule has 2 aromatic rings. The van der Waals surface area contributed by atoms with Crippen molar-refractivity contribution >= 4 is 11.6 Å². The molecule has 3 N–H and O–H groups in total. The zero-order valence-corrected chi connectivity index (χ0v) is 14.2. The highest BCUT2D eigenvalue weighted by molar-refractivity contribution is 5.91. The van der Waals surface area contributed by atoms with Gasteiger partial charge in [0.15, 0.2) is 18.1 Å². The molecule has 1 amide bonds. The number of hydrogen-bond acceptors (Lipinski definition) is 4. The van der Waals surface area contributed by atoms with Crippen molar-refractivity contribution in [1.82, 2.24) is 0 Å². The number of methoxy groups -OCH3 is 2. The molecule has 0 spiro atoms. The van der Waals surface area contributed by atoms with Crippen molar-refractivity contribution in [1.29, 1.82) is 0 Å². The van der Waals surface area contributed by atoms with Gasteiger partial charge in [0.25, 0.3) is 5.91 Å². The largest absolute Gasteiger partial charge is 0.497 e. The molecule has 0 radical (unpaired) electrons. The van der Waals surface area contributed by atoms with Crippen molar-refractivity contribution < 1.29 is 24.3 Å². The lowest BCUT2D eigenvalue weighted by atomic mass is 10.2. The van der Waals surface area contributed by atoms with Gasteiger partial charge in [-0.1, -0.05) is 0 Å². The summed E-state index contributed by atoms with van der Waals surface area (Å²) in [5, 5.41) is 4.83. The van der Waals surface area contributed by atoms with E-state index in [-0.39, 0.29) is 12.5 Å². The van der Waals surface area contributed by atoms with Gasteiger partial charge < -0.3 is 24.8 Å². The highest BCUT2D eigenvalue weighted by Crippen LogP contribution is 2.27. The Morgan fingerprint density at radius 2 is 1.79 bits per heavy atom. The summed E-state index contributed by atoms with van der Waals surface area (Å²) >= 11 is 0. The number of quaternary nitrogens is 1. The van der Waals surface area contributed by atoms with Crippen molar-refractivity contribution in [3.63, 3.8) is 0 Å². The lowest BCUT2D eigenvalue weighted by Gasteiger charge is -2.12. The molecule has 0 aromatic heterocycles. The summed E-state index contributed by atoms with van der Waals surface area (Å²) in [6.45, 7) is 0.760. The third-order valence-corrected chi connectivity index (χ3v) is 3.40. The van der Waals surface area contributed by atoms with Crippen LogP contribution >= 0.6 is 0 Å². The molecule has 2 aromatic carbocycles. The van der Waals surface area contributed by atoms with Crippen molar-refractivity contribution in [2.75, 3.05) is 33.2 Å². The Kier molecular flexibility index (Phi) is 6.45. The van der Waals surface area contributed by atoms with Gasteiger partial charge in [0.05, 0.1) is 21.3 Å². The summed E-state index contributed by atoms with van der Waals surface area (Å²) in [5.74, 6) is 1.65. The average molecular weight is 331 g/mol. The highest BCUT2D eigenvalue weighted by Gasteiger charge is 2.09. The van der Waals surface area contributed by atoms with Crippen LogP contribution in [-0.2, 0) is 11.3 Å². The predicted molar refractivity (Wildman–Crippen MR) is 91.7 cm³/mol. The summed E-state index contributed by atoms with van der Waals surface area (Å²) in [6, 6.07) is 12.8. The molecule has 0 aliphatic heterocycles. The quantitative estimate of drug-likeness (QED) is 0.767. The number of hydrogen-bond donors (Lipinski definition) is 2. The summed E-state index contributed by atoms with van der Waals surface area (Å²) in [7, 11) is 5.18. The van der Waals surface area contributed by atoms with Gasteiger partial charge in [-0.3, -0.25) is 4.79 Å². The van der Waals surface area contributed by atoms with Crippen LogP contribution in [-0.4, -0.2) is 33.8 Å². The van der Waals surface area contributed by atoms with Crippen molar-refractivity contribution in [3.8, 4) is 17.2 Å². The van der Waals surface area contributed by atoms with Gasteiger partial charge in [0.2, 0.25) is 0 Å². The van der Waals surface area contributed by atoms with Crippen LogP contribution in [0.1, 0.15) is 5.56 Å². The summed E-state index contributed by atoms with van der Waals surface area (Å²) in [6.07, 6.45) is 0. The van der Waals surface area contributed by atoms with Crippen LogP contribution < -0.4 is 24.8 Å². The van der Waals surface area contributed by atoms with Crippen LogP contribution in [0.2, 0.25) is 0 Å². The van der Waals surface area contributed by atoms with Crippen molar-refractivity contribution in [2.45, 2.75) is 6.54 Å². The van der Waals surface area contributed by atoms with Gasteiger partial charge in [-0.05, 0) is 42.5 Å². The Hall–Kier alpha value is -2.73.